The molecule has 19 heavy (non-hydrogen) atoms. The molecule has 0 heterocycles. The highest BCUT2D eigenvalue weighted by molar-refractivity contribution is 14.0. The SMILES string of the molecule is Cc1ccc(OCCCN=C(N)NC(C)C)cc1.I. The zero-order chi connectivity index (χ0) is 13.4. The van der Waals surface area contributed by atoms with Gasteiger partial charge < -0.3 is 15.8 Å². The summed E-state index contributed by atoms with van der Waals surface area (Å²) in [6.45, 7) is 7.45. The van der Waals surface area contributed by atoms with Crippen molar-refractivity contribution >= 4 is 29.9 Å². The van der Waals surface area contributed by atoms with Crippen LogP contribution in [0.4, 0.5) is 0 Å². The summed E-state index contributed by atoms with van der Waals surface area (Å²) in [6, 6.07) is 8.36. The van der Waals surface area contributed by atoms with Crippen LogP contribution in [-0.4, -0.2) is 25.2 Å². The third-order valence-electron chi connectivity index (χ3n) is 2.31. The third-order valence-corrected chi connectivity index (χ3v) is 2.31. The quantitative estimate of drug-likeness (QED) is 0.347. The van der Waals surface area contributed by atoms with Gasteiger partial charge in [0.05, 0.1) is 6.61 Å². The van der Waals surface area contributed by atoms with Crippen molar-refractivity contribution in [3.8, 4) is 5.75 Å². The van der Waals surface area contributed by atoms with Gasteiger partial charge in [-0.25, -0.2) is 0 Å². The Morgan fingerprint density at radius 1 is 1.32 bits per heavy atom. The number of nitrogens with zero attached hydrogens (tertiary/aromatic N) is 1. The molecule has 0 aliphatic heterocycles. The Balaban J connectivity index is 0.00000324. The Kier molecular flexibility index (Phi) is 9.38. The number of nitrogens with two attached hydrogens (primary N) is 1. The van der Waals surface area contributed by atoms with Gasteiger partial charge in [0.1, 0.15) is 5.75 Å². The Hall–Kier alpha value is -0.980. The van der Waals surface area contributed by atoms with Crippen molar-refractivity contribution < 1.29 is 4.74 Å². The number of rotatable bonds is 6. The molecular formula is C14H24IN3O. The first-order valence-corrected chi connectivity index (χ1v) is 6.34. The molecule has 108 valence electrons. The van der Waals surface area contributed by atoms with Gasteiger partial charge in [0, 0.05) is 19.0 Å². The Labute approximate surface area is 132 Å². The number of aliphatic imine (C=N–C) groups is 1. The molecule has 0 aliphatic rings. The smallest absolute Gasteiger partial charge is 0.188 e. The van der Waals surface area contributed by atoms with Gasteiger partial charge >= 0.3 is 0 Å². The van der Waals surface area contributed by atoms with E-state index in [1.54, 1.807) is 0 Å². The molecule has 3 N–H and O–H groups in total. The van der Waals surface area contributed by atoms with E-state index >= 15 is 0 Å². The van der Waals surface area contributed by atoms with E-state index in [1.807, 2.05) is 38.1 Å². The lowest BCUT2D eigenvalue weighted by atomic mass is 10.2. The van der Waals surface area contributed by atoms with E-state index in [0.717, 1.165) is 12.2 Å². The van der Waals surface area contributed by atoms with Crippen molar-refractivity contribution in [1.29, 1.82) is 0 Å². The molecule has 0 atom stereocenters. The van der Waals surface area contributed by atoms with Crippen molar-refractivity contribution in [2.45, 2.75) is 33.2 Å². The average molecular weight is 377 g/mol. The summed E-state index contributed by atoms with van der Waals surface area (Å²) in [5.41, 5.74) is 6.92. The zero-order valence-electron chi connectivity index (χ0n) is 11.8. The number of benzene rings is 1. The van der Waals surface area contributed by atoms with Crippen LogP contribution in [0.5, 0.6) is 5.75 Å². The Bertz CT molecular complexity index is 377. The first-order chi connectivity index (χ1) is 8.58. The molecule has 0 saturated carbocycles. The molecule has 1 aromatic carbocycles. The molecule has 0 aliphatic carbocycles. The molecule has 5 heteroatoms. The Morgan fingerprint density at radius 3 is 2.53 bits per heavy atom. The summed E-state index contributed by atoms with van der Waals surface area (Å²) in [5, 5.41) is 3.04. The normalized spacial score (nSPS) is 11.1. The van der Waals surface area contributed by atoms with Crippen LogP contribution >= 0.6 is 24.0 Å². The molecule has 0 radical (unpaired) electrons. The molecule has 0 unspecified atom stereocenters. The van der Waals surface area contributed by atoms with Crippen LogP contribution in [0.2, 0.25) is 0 Å². The van der Waals surface area contributed by atoms with Crippen LogP contribution in [0.15, 0.2) is 29.3 Å². The first-order valence-electron chi connectivity index (χ1n) is 6.34. The summed E-state index contributed by atoms with van der Waals surface area (Å²) >= 11 is 0. The molecule has 0 bridgehead atoms. The fourth-order valence-electron chi connectivity index (χ4n) is 1.43. The van der Waals surface area contributed by atoms with Gasteiger partial charge in [0.2, 0.25) is 0 Å². The molecule has 1 aromatic rings. The van der Waals surface area contributed by atoms with E-state index in [2.05, 4.69) is 17.2 Å². The number of aryl methyl sites for hydroxylation is 1. The second kappa shape index (κ2) is 9.89. The standard InChI is InChI=1S/C14H23N3O.HI/c1-11(2)17-14(15)16-9-4-10-18-13-7-5-12(3)6-8-13;/h5-8,11H,4,9-10H2,1-3H3,(H3,15,16,17);1H. The van der Waals surface area contributed by atoms with Crippen LogP contribution in [0.1, 0.15) is 25.8 Å². The van der Waals surface area contributed by atoms with E-state index in [9.17, 15) is 0 Å². The highest BCUT2D eigenvalue weighted by Crippen LogP contribution is 2.11. The molecule has 0 spiro atoms. The number of halogens is 1. The lowest BCUT2D eigenvalue weighted by Crippen LogP contribution is -2.36. The van der Waals surface area contributed by atoms with E-state index in [0.29, 0.717) is 25.2 Å². The van der Waals surface area contributed by atoms with Crippen molar-refractivity contribution in [2.24, 2.45) is 10.7 Å². The summed E-state index contributed by atoms with van der Waals surface area (Å²) in [5.74, 6) is 1.40. The van der Waals surface area contributed by atoms with Gasteiger partial charge in [-0.2, -0.15) is 0 Å². The van der Waals surface area contributed by atoms with E-state index in [-0.39, 0.29) is 24.0 Å². The minimum atomic E-state index is 0. The zero-order valence-corrected chi connectivity index (χ0v) is 14.2. The minimum absolute atomic E-state index is 0. The van der Waals surface area contributed by atoms with Gasteiger partial charge in [-0.3, -0.25) is 4.99 Å². The van der Waals surface area contributed by atoms with Crippen LogP contribution in [-0.2, 0) is 0 Å². The van der Waals surface area contributed by atoms with Crippen LogP contribution < -0.4 is 15.8 Å². The second-order valence-corrected chi connectivity index (χ2v) is 4.58. The van der Waals surface area contributed by atoms with Crippen molar-refractivity contribution in [3.05, 3.63) is 29.8 Å². The van der Waals surface area contributed by atoms with Crippen molar-refractivity contribution in [1.82, 2.24) is 5.32 Å². The number of hydrogen-bond donors (Lipinski definition) is 2. The van der Waals surface area contributed by atoms with Crippen LogP contribution in [0.3, 0.4) is 0 Å². The van der Waals surface area contributed by atoms with E-state index in [1.165, 1.54) is 5.56 Å². The summed E-state index contributed by atoms with van der Waals surface area (Å²) < 4.78 is 5.59. The van der Waals surface area contributed by atoms with Gasteiger partial charge in [-0.05, 0) is 32.9 Å². The largest absolute Gasteiger partial charge is 0.494 e. The molecule has 4 nitrogen and oxygen atoms in total. The minimum Gasteiger partial charge on any atom is -0.494 e. The van der Waals surface area contributed by atoms with Crippen molar-refractivity contribution in [2.75, 3.05) is 13.2 Å². The van der Waals surface area contributed by atoms with Crippen LogP contribution in [0.25, 0.3) is 0 Å². The second-order valence-electron chi connectivity index (χ2n) is 4.58. The summed E-state index contributed by atoms with van der Waals surface area (Å²) in [7, 11) is 0. The maximum absolute atomic E-state index is 5.68. The maximum atomic E-state index is 5.68. The molecule has 1 rings (SSSR count). The molecule has 0 aromatic heterocycles. The van der Waals surface area contributed by atoms with Gasteiger partial charge in [0.15, 0.2) is 5.96 Å². The van der Waals surface area contributed by atoms with Gasteiger partial charge in [-0.15, -0.1) is 24.0 Å². The van der Waals surface area contributed by atoms with E-state index in [4.69, 9.17) is 10.5 Å². The number of nitrogens with one attached hydrogen (secondary N) is 1. The summed E-state index contributed by atoms with van der Waals surface area (Å²) in [4.78, 5) is 4.21. The number of guanidine groups is 1. The lowest BCUT2D eigenvalue weighted by Gasteiger charge is -2.08. The maximum Gasteiger partial charge on any atom is 0.188 e. The predicted octanol–water partition coefficient (Wildman–Crippen LogP) is 2.69. The van der Waals surface area contributed by atoms with E-state index < -0.39 is 0 Å². The lowest BCUT2D eigenvalue weighted by molar-refractivity contribution is 0.313. The number of ether oxygens (including phenoxy) is 1. The fraction of sp³-hybridized carbons (Fsp3) is 0.500. The predicted molar refractivity (Wildman–Crippen MR) is 91.5 cm³/mol. The van der Waals surface area contributed by atoms with Gasteiger partial charge in [0.25, 0.3) is 0 Å². The Morgan fingerprint density at radius 2 is 1.95 bits per heavy atom. The molecule has 0 saturated heterocycles. The highest BCUT2D eigenvalue weighted by atomic mass is 127. The molecular weight excluding hydrogens is 353 g/mol. The number of hydrogen-bond acceptors (Lipinski definition) is 2. The van der Waals surface area contributed by atoms with Crippen LogP contribution in [0, 0.1) is 6.92 Å². The molecule has 0 fully saturated rings. The third kappa shape index (κ3) is 8.69. The summed E-state index contributed by atoms with van der Waals surface area (Å²) in [6.07, 6.45) is 0.856. The fourth-order valence-corrected chi connectivity index (χ4v) is 1.43. The monoisotopic (exact) mass is 377 g/mol. The topological polar surface area (TPSA) is 59.6 Å². The highest BCUT2D eigenvalue weighted by Gasteiger charge is 1.95. The van der Waals surface area contributed by atoms with Gasteiger partial charge in [-0.1, -0.05) is 17.7 Å². The average Bonchev–Trinajstić information content (AvgIpc) is 2.30. The van der Waals surface area contributed by atoms with Crippen molar-refractivity contribution in [3.63, 3.8) is 0 Å². The first kappa shape index (κ1) is 18.0. The molecule has 0 amide bonds.